The highest BCUT2D eigenvalue weighted by atomic mass is 79.9. The summed E-state index contributed by atoms with van der Waals surface area (Å²) >= 11 is 10.2. The van der Waals surface area contributed by atoms with Gasteiger partial charge in [-0.15, -0.1) is 11.6 Å². The zero-order chi connectivity index (χ0) is 14.8. The quantitative estimate of drug-likeness (QED) is 0.472. The van der Waals surface area contributed by atoms with Gasteiger partial charge in [0.25, 0.3) is 0 Å². The van der Waals surface area contributed by atoms with E-state index >= 15 is 0 Å². The molecule has 1 atom stereocenters. The van der Waals surface area contributed by atoms with Crippen molar-refractivity contribution in [1.82, 2.24) is 0 Å². The summed E-state index contributed by atoms with van der Waals surface area (Å²) in [6.07, 6.45) is 0.835. The van der Waals surface area contributed by atoms with Gasteiger partial charge in [-0.2, -0.15) is 0 Å². The van der Waals surface area contributed by atoms with Crippen LogP contribution in [0.1, 0.15) is 22.1 Å². The Bertz CT molecular complexity index is 762. The highest BCUT2D eigenvalue weighted by molar-refractivity contribution is 9.10. The standard InChI is InChI=1S/C19H16BrCl/c1-13-6-11-18(17-5-3-2-4-16(13)17)19(21)12-14-7-9-15(20)10-8-14/h2-11,19H,12H2,1H3. The fraction of sp³-hybridized carbons (Fsp3) is 0.158. The molecule has 0 saturated carbocycles. The van der Waals surface area contributed by atoms with Crippen molar-refractivity contribution in [3.8, 4) is 0 Å². The number of fused-ring (bicyclic) bond motifs is 1. The van der Waals surface area contributed by atoms with E-state index in [0.29, 0.717) is 0 Å². The van der Waals surface area contributed by atoms with E-state index in [-0.39, 0.29) is 5.38 Å². The van der Waals surface area contributed by atoms with Gasteiger partial charge < -0.3 is 0 Å². The van der Waals surface area contributed by atoms with E-state index in [1.807, 2.05) is 0 Å². The molecule has 0 radical (unpaired) electrons. The third-order valence-electron chi connectivity index (χ3n) is 3.84. The van der Waals surface area contributed by atoms with Crippen molar-refractivity contribution in [2.24, 2.45) is 0 Å². The predicted molar refractivity (Wildman–Crippen MR) is 95.1 cm³/mol. The van der Waals surface area contributed by atoms with Crippen molar-refractivity contribution in [2.45, 2.75) is 18.7 Å². The number of alkyl halides is 1. The van der Waals surface area contributed by atoms with E-state index in [0.717, 1.165) is 10.9 Å². The monoisotopic (exact) mass is 358 g/mol. The first-order chi connectivity index (χ1) is 10.1. The van der Waals surface area contributed by atoms with Crippen molar-refractivity contribution < 1.29 is 0 Å². The van der Waals surface area contributed by atoms with Gasteiger partial charge >= 0.3 is 0 Å². The van der Waals surface area contributed by atoms with Crippen LogP contribution >= 0.6 is 27.5 Å². The minimum atomic E-state index is -0.0170. The highest BCUT2D eigenvalue weighted by Gasteiger charge is 2.13. The molecule has 106 valence electrons. The normalized spacial score (nSPS) is 12.5. The maximum atomic E-state index is 6.70. The van der Waals surface area contributed by atoms with Crippen LogP contribution in [0.5, 0.6) is 0 Å². The Labute approximate surface area is 138 Å². The molecule has 3 rings (SSSR count). The topological polar surface area (TPSA) is 0 Å². The van der Waals surface area contributed by atoms with Crippen molar-refractivity contribution in [3.63, 3.8) is 0 Å². The summed E-state index contributed by atoms with van der Waals surface area (Å²) in [6.45, 7) is 2.14. The molecule has 2 heteroatoms. The summed E-state index contributed by atoms with van der Waals surface area (Å²) in [5, 5.41) is 2.53. The molecule has 0 heterocycles. The molecule has 0 bridgehead atoms. The molecule has 1 unspecified atom stereocenters. The van der Waals surface area contributed by atoms with Gasteiger partial charge in [0.15, 0.2) is 0 Å². The number of aryl methyl sites for hydroxylation is 1. The average molecular weight is 360 g/mol. The summed E-state index contributed by atoms with van der Waals surface area (Å²) in [6, 6.07) is 21.2. The first kappa shape index (κ1) is 14.6. The van der Waals surface area contributed by atoms with Crippen molar-refractivity contribution in [3.05, 3.63) is 81.8 Å². The Kier molecular flexibility index (Phi) is 4.32. The lowest BCUT2D eigenvalue weighted by atomic mass is 9.95. The maximum absolute atomic E-state index is 6.70. The Morgan fingerprint density at radius 3 is 2.29 bits per heavy atom. The van der Waals surface area contributed by atoms with E-state index in [1.165, 1.54) is 27.5 Å². The van der Waals surface area contributed by atoms with E-state index in [4.69, 9.17) is 11.6 Å². The van der Waals surface area contributed by atoms with Crippen LogP contribution in [0.2, 0.25) is 0 Å². The number of hydrogen-bond donors (Lipinski definition) is 0. The summed E-state index contributed by atoms with van der Waals surface area (Å²) in [4.78, 5) is 0. The molecule has 3 aromatic rings. The van der Waals surface area contributed by atoms with Crippen LogP contribution in [0, 0.1) is 6.92 Å². The van der Waals surface area contributed by atoms with Crippen LogP contribution in [0.3, 0.4) is 0 Å². The molecule has 0 N–H and O–H groups in total. The molecule has 0 spiro atoms. The van der Waals surface area contributed by atoms with E-state index in [1.54, 1.807) is 0 Å². The minimum absolute atomic E-state index is 0.0170. The van der Waals surface area contributed by atoms with E-state index in [9.17, 15) is 0 Å². The van der Waals surface area contributed by atoms with Crippen LogP contribution in [0.15, 0.2) is 65.1 Å². The zero-order valence-corrected chi connectivity index (χ0v) is 14.2. The lowest BCUT2D eigenvalue weighted by Crippen LogP contribution is -1.97. The summed E-state index contributed by atoms with van der Waals surface area (Å²) in [7, 11) is 0. The number of hydrogen-bond acceptors (Lipinski definition) is 0. The van der Waals surface area contributed by atoms with Gasteiger partial charge in [-0.3, -0.25) is 0 Å². The number of benzene rings is 3. The molecule has 0 aliphatic rings. The van der Waals surface area contributed by atoms with Gasteiger partial charge in [-0.25, -0.2) is 0 Å². The molecular weight excluding hydrogens is 344 g/mol. The largest absolute Gasteiger partial charge is 0.117 e. The van der Waals surface area contributed by atoms with Crippen molar-refractivity contribution >= 4 is 38.3 Å². The molecule has 3 aromatic carbocycles. The molecule has 0 saturated heterocycles. The van der Waals surface area contributed by atoms with Crippen LogP contribution in [0.25, 0.3) is 10.8 Å². The Balaban J connectivity index is 1.96. The summed E-state index contributed by atoms with van der Waals surface area (Å²) in [5.74, 6) is 0. The highest BCUT2D eigenvalue weighted by Crippen LogP contribution is 2.32. The van der Waals surface area contributed by atoms with Crippen LogP contribution < -0.4 is 0 Å². The fourth-order valence-corrected chi connectivity index (χ4v) is 3.32. The molecule has 0 nitrogen and oxygen atoms in total. The molecule has 0 aromatic heterocycles. The van der Waals surface area contributed by atoms with E-state index in [2.05, 4.69) is 83.5 Å². The first-order valence-electron chi connectivity index (χ1n) is 7.02. The van der Waals surface area contributed by atoms with Crippen LogP contribution in [0.4, 0.5) is 0 Å². The minimum Gasteiger partial charge on any atom is -0.117 e. The second kappa shape index (κ2) is 6.21. The van der Waals surface area contributed by atoms with Crippen molar-refractivity contribution in [1.29, 1.82) is 0 Å². The van der Waals surface area contributed by atoms with Gasteiger partial charge in [0, 0.05) is 4.47 Å². The van der Waals surface area contributed by atoms with Gasteiger partial charge in [-0.05, 0) is 52.9 Å². The number of rotatable bonds is 3. The fourth-order valence-electron chi connectivity index (χ4n) is 2.68. The lowest BCUT2D eigenvalue weighted by molar-refractivity contribution is 0.927. The molecule has 0 aliphatic carbocycles. The first-order valence-corrected chi connectivity index (χ1v) is 8.25. The van der Waals surface area contributed by atoms with Gasteiger partial charge in [-0.1, -0.05) is 64.5 Å². The second-order valence-corrected chi connectivity index (χ2v) is 6.76. The zero-order valence-electron chi connectivity index (χ0n) is 11.8. The maximum Gasteiger partial charge on any atom is 0.0631 e. The van der Waals surface area contributed by atoms with Gasteiger partial charge in [0.05, 0.1) is 5.38 Å². The van der Waals surface area contributed by atoms with Gasteiger partial charge in [0.2, 0.25) is 0 Å². The van der Waals surface area contributed by atoms with E-state index < -0.39 is 0 Å². The van der Waals surface area contributed by atoms with Crippen LogP contribution in [-0.4, -0.2) is 0 Å². The number of halogens is 2. The molecule has 21 heavy (non-hydrogen) atoms. The van der Waals surface area contributed by atoms with Crippen LogP contribution in [-0.2, 0) is 6.42 Å². The lowest BCUT2D eigenvalue weighted by Gasteiger charge is -2.14. The Morgan fingerprint density at radius 2 is 1.57 bits per heavy atom. The Morgan fingerprint density at radius 1 is 0.905 bits per heavy atom. The predicted octanol–water partition coefficient (Wildman–Crippen LogP) is 6.43. The Hall–Kier alpha value is -1.31. The molecular formula is C19H16BrCl. The molecule has 0 aliphatic heterocycles. The van der Waals surface area contributed by atoms with Gasteiger partial charge in [0.1, 0.15) is 0 Å². The van der Waals surface area contributed by atoms with Crippen molar-refractivity contribution in [2.75, 3.05) is 0 Å². The smallest absolute Gasteiger partial charge is 0.0631 e. The second-order valence-electron chi connectivity index (χ2n) is 5.32. The summed E-state index contributed by atoms with van der Waals surface area (Å²) in [5.41, 5.74) is 3.76. The SMILES string of the molecule is Cc1ccc(C(Cl)Cc2ccc(Br)cc2)c2ccccc12. The third-order valence-corrected chi connectivity index (χ3v) is 4.76. The molecule has 0 fully saturated rings. The summed E-state index contributed by atoms with van der Waals surface area (Å²) < 4.78 is 1.10. The third kappa shape index (κ3) is 3.14. The average Bonchev–Trinajstić information content (AvgIpc) is 2.50. The molecule has 0 amide bonds.